The van der Waals surface area contributed by atoms with Crippen molar-refractivity contribution in [2.24, 2.45) is 11.8 Å². The molecule has 6 nitrogen and oxygen atoms in total. The Morgan fingerprint density at radius 1 is 0.857 bits per heavy atom. The number of aromatic nitrogens is 1. The molecule has 0 radical (unpaired) electrons. The molecule has 1 unspecified atom stereocenters. The molecule has 35 heavy (non-hydrogen) atoms. The highest BCUT2D eigenvalue weighted by Gasteiger charge is 2.26. The SMILES string of the molecule is CC.CC.CC.CC(C)C1CCCC1=O.CC(C)N1CCOCC1=O.CC(C)n1ccccc1=O. The first kappa shape index (κ1) is 37.6. The quantitative estimate of drug-likeness (QED) is 0.463. The van der Waals surface area contributed by atoms with E-state index in [1.807, 2.05) is 80.2 Å². The van der Waals surface area contributed by atoms with Gasteiger partial charge in [0.2, 0.25) is 5.91 Å². The molecule has 1 amide bonds. The number of pyridine rings is 1. The van der Waals surface area contributed by atoms with Gasteiger partial charge in [0.25, 0.3) is 5.56 Å². The highest BCUT2D eigenvalue weighted by atomic mass is 16.5. The van der Waals surface area contributed by atoms with Crippen molar-refractivity contribution >= 4 is 11.7 Å². The zero-order chi connectivity index (χ0) is 28.0. The molecule has 3 rings (SSSR count). The van der Waals surface area contributed by atoms with Gasteiger partial charge in [0.05, 0.1) is 6.61 Å². The topological polar surface area (TPSA) is 68.6 Å². The van der Waals surface area contributed by atoms with Crippen LogP contribution in [0.5, 0.6) is 0 Å². The Kier molecular flexibility index (Phi) is 25.5. The van der Waals surface area contributed by atoms with Gasteiger partial charge in [0.1, 0.15) is 12.4 Å². The Bertz CT molecular complexity index is 696. The van der Waals surface area contributed by atoms with Crippen LogP contribution in [0.25, 0.3) is 0 Å². The van der Waals surface area contributed by atoms with Crippen LogP contribution in [0.15, 0.2) is 29.2 Å². The molecular weight excluding hydrogens is 440 g/mol. The standard InChI is InChI=1S/C8H11NO.C8H14O.C7H13NO2.3C2H6/c1-7(2)9-6-4-3-5-8(9)10;1-6(2)7-4-3-5-8(7)9;1-6(2)8-3-4-10-5-7(8)9;3*1-2/h3-7H,1-2H3;6-7H,3-5H2,1-2H3;6H,3-5H2,1-2H3;3*1-2H3. The predicted octanol–water partition coefficient (Wildman–Crippen LogP) is 6.77. The molecule has 2 heterocycles. The summed E-state index contributed by atoms with van der Waals surface area (Å²) in [5.74, 6) is 1.57. The minimum Gasteiger partial charge on any atom is -0.370 e. The van der Waals surface area contributed by atoms with Crippen LogP contribution in [0.3, 0.4) is 0 Å². The lowest BCUT2D eigenvalue weighted by atomic mass is 9.94. The Morgan fingerprint density at radius 3 is 1.71 bits per heavy atom. The minimum atomic E-state index is 0.0671. The first-order valence-corrected chi connectivity index (χ1v) is 13.7. The second-order valence-electron chi connectivity index (χ2n) is 8.48. The molecule has 1 aromatic rings. The molecule has 6 heteroatoms. The van der Waals surface area contributed by atoms with Gasteiger partial charge in [0, 0.05) is 43.2 Å². The molecule has 1 saturated heterocycles. The number of Topliss-reactive ketones (excluding diaryl/α,β-unsaturated/α-hetero) is 1. The van der Waals surface area contributed by atoms with Gasteiger partial charge < -0.3 is 14.2 Å². The van der Waals surface area contributed by atoms with Crippen molar-refractivity contribution in [3.63, 3.8) is 0 Å². The molecule has 1 aromatic heterocycles. The van der Waals surface area contributed by atoms with E-state index in [0.29, 0.717) is 30.3 Å². The van der Waals surface area contributed by atoms with Gasteiger partial charge in [-0.25, -0.2) is 0 Å². The smallest absolute Gasteiger partial charge is 0.250 e. The Labute approximate surface area is 216 Å². The molecule has 0 spiro atoms. The second kappa shape index (κ2) is 23.8. The van der Waals surface area contributed by atoms with Crippen LogP contribution >= 0.6 is 0 Å². The van der Waals surface area contributed by atoms with Crippen molar-refractivity contribution in [1.29, 1.82) is 0 Å². The summed E-state index contributed by atoms with van der Waals surface area (Å²) in [5.41, 5.74) is 0.0671. The van der Waals surface area contributed by atoms with Crippen molar-refractivity contribution in [3.8, 4) is 0 Å². The van der Waals surface area contributed by atoms with E-state index in [1.54, 1.807) is 22.9 Å². The summed E-state index contributed by atoms with van der Waals surface area (Å²) < 4.78 is 6.67. The minimum absolute atomic E-state index is 0.0671. The maximum atomic E-state index is 11.0. The number of hydrogen-bond donors (Lipinski definition) is 0. The molecule has 1 saturated carbocycles. The number of hydrogen-bond acceptors (Lipinski definition) is 4. The molecule has 2 fully saturated rings. The summed E-state index contributed by atoms with van der Waals surface area (Å²) in [6.45, 7) is 26.0. The van der Waals surface area contributed by atoms with E-state index in [0.717, 1.165) is 25.8 Å². The van der Waals surface area contributed by atoms with Gasteiger partial charge in [-0.15, -0.1) is 0 Å². The number of nitrogens with zero attached hydrogens (tertiary/aromatic N) is 2. The lowest BCUT2D eigenvalue weighted by Crippen LogP contribution is -2.45. The number of morpholine rings is 1. The maximum Gasteiger partial charge on any atom is 0.250 e. The van der Waals surface area contributed by atoms with Crippen LogP contribution in [0.2, 0.25) is 0 Å². The number of carbonyl (C=O) groups excluding carboxylic acids is 2. The molecule has 0 aromatic carbocycles. The monoisotopic (exact) mass is 496 g/mol. The summed E-state index contributed by atoms with van der Waals surface area (Å²) in [7, 11) is 0. The third-order valence-corrected chi connectivity index (χ3v) is 5.21. The number of ether oxygens (including phenoxy) is 1. The van der Waals surface area contributed by atoms with Crippen LogP contribution in [-0.2, 0) is 14.3 Å². The van der Waals surface area contributed by atoms with Crippen molar-refractivity contribution in [1.82, 2.24) is 9.47 Å². The average Bonchev–Trinajstić information content (AvgIpc) is 3.30. The van der Waals surface area contributed by atoms with Gasteiger partial charge in [-0.3, -0.25) is 14.4 Å². The fourth-order valence-electron chi connectivity index (χ4n) is 3.49. The largest absolute Gasteiger partial charge is 0.370 e. The fourth-order valence-corrected chi connectivity index (χ4v) is 3.49. The van der Waals surface area contributed by atoms with Gasteiger partial charge in [-0.1, -0.05) is 61.5 Å². The summed E-state index contributed by atoms with van der Waals surface area (Å²) in [6, 6.07) is 5.76. The lowest BCUT2D eigenvalue weighted by molar-refractivity contribution is -0.144. The molecule has 1 aliphatic carbocycles. The van der Waals surface area contributed by atoms with Crippen LogP contribution in [-0.4, -0.2) is 47.0 Å². The highest BCUT2D eigenvalue weighted by molar-refractivity contribution is 5.83. The Morgan fingerprint density at radius 2 is 1.43 bits per heavy atom. The molecular formula is C29H56N2O4. The third-order valence-electron chi connectivity index (χ3n) is 5.21. The van der Waals surface area contributed by atoms with Gasteiger partial charge in [0.15, 0.2) is 0 Å². The van der Waals surface area contributed by atoms with Crippen LogP contribution in [0.4, 0.5) is 0 Å². The van der Waals surface area contributed by atoms with Crippen molar-refractivity contribution in [2.45, 2.75) is 114 Å². The number of ketones is 1. The van der Waals surface area contributed by atoms with Gasteiger partial charge in [-0.2, -0.15) is 0 Å². The van der Waals surface area contributed by atoms with E-state index < -0.39 is 0 Å². The average molecular weight is 497 g/mol. The Hall–Kier alpha value is -1.95. The second-order valence-corrected chi connectivity index (χ2v) is 8.48. The number of amides is 1. The van der Waals surface area contributed by atoms with E-state index in [9.17, 15) is 14.4 Å². The first-order chi connectivity index (χ1) is 16.6. The van der Waals surface area contributed by atoms with Crippen molar-refractivity contribution in [3.05, 3.63) is 34.7 Å². The molecule has 0 bridgehead atoms. The zero-order valence-corrected chi connectivity index (χ0v) is 24.9. The lowest BCUT2D eigenvalue weighted by Gasteiger charge is -2.30. The molecule has 1 atom stereocenters. The zero-order valence-electron chi connectivity index (χ0n) is 24.9. The highest BCUT2D eigenvalue weighted by Crippen LogP contribution is 2.27. The normalized spacial score (nSPS) is 16.4. The fraction of sp³-hybridized carbons (Fsp3) is 0.759. The van der Waals surface area contributed by atoms with Gasteiger partial charge in [-0.05, 0) is 52.5 Å². The summed E-state index contributed by atoms with van der Waals surface area (Å²) >= 11 is 0. The molecule has 206 valence electrons. The van der Waals surface area contributed by atoms with E-state index in [4.69, 9.17) is 4.74 Å². The van der Waals surface area contributed by atoms with Gasteiger partial charge >= 0.3 is 0 Å². The predicted molar refractivity (Wildman–Crippen MR) is 150 cm³/mol. The third kappa shape index (κ3) is 16.4. The van der Waals surface area contributed by atoms with Crippen molar-refractivity contribution < 1.29 is 14.3 Å². The number of carbonyl (C=O) groups is 2. The van der Waals surface area contributed by atoms with Crippen molar-refractivity contribution in [2.75, 3.05) is 19.8 Å². The van der Waals surface area contributed by atoms with Crippen LogP contribution < -0.4 is 5.56 Å². The van der Waals surface area contributed by atoms with E-state index in [2.05, 4.69) is 13.8 Å². The van der Waals surface area contributed by atoms with E-state index in [-0.39, 0.29) is 24.1 Å². The number of rotatable bonds is 3. The summed E-state index contributed by atoms with van der Waals surface area (Å²) in [6.07, 6.45) is 4.90. The molecule has 0 N–H and O–H groups in total. The summed E-state index contributed by atoms with van der Waals surface area (Å²) in [5, 5.41) is 0. The first-order valence-electron chi connectivity index (χ1n) is 13.7. The summed E-state index contributed by atoms with van der Waals surface area (Å²) in [4.78, 5) is 34.9. The molecule has 1 aliphatic heterocycles. The Balaban J connectivity index is -0.000000396. The maximum absolute atomic E-state index is 11.0. The van der Waals surface area contributed by atoms with E-state index in [1.165, 1.54) is 0 Å². The molecule has 2 aliphatic rings. The van der Waals surface area contributed by atoms with E-state index >= 15 is 0 Å². The van der Waals surface area contributed by atoms with Crippen LogP contribution in [0.1, 0.15) is 108 Å². The van der Waals surface area contributed by atoms with Crippen LogP contribution in [0, 0.1) is 11.8 Å².